The molecule has 2 amide bonds. The van der Waals surface area contributed by atoms with Crippen LogP contribution >= 0.6 is 11.3 Å². The summed E-state index contributed by atoms with van der Waals surface area (Å²) in [5.41, 5.74) is 3.63. The monoisotopic (exact) mass is 440 g/mol. The van der Waals surface area contributed by atoms with Crippen LogP contribution in [0.2, 0.25) is 0 Å². The zero-order valence-corrected chi connectivity index (χ0v) is 20.0. The molecule has 5 heteroatoms. The van der Waals surface area contributed by atoms with Crippen LogP contribution in [0.4, 0.5) is 0 Å². The Bertz CT molecular complexity index is 876. The zero-order valence-electron chi connectivity index (χ0n) is 19.2. The van der Waals surface area contributed by atoms with Crippen molar-refractivity contribution in [1.29, 1.82) is 0 Å². The van der Waals surface area contributed by atoms with Gasteiger partial charge >= 0.3 is 0 Å². The number of benzene rings is 1. The molecule has 1 aromatic heterocycles. The van der Waals surface area contributed by atoms with Crippen molar-refractivity contribution in [2.75, 3.05) is 19.6 Å². The maximum absolute atomic E-state index is 13.6. The molecule has 0 saturated carbocycles. The van der Waals surface area contributed by atoms with Crippen molar-refractivity contribution in [3.05, 3.63) is 57.3 Å². The maximum Gasteiger partial charge on any atom is 0.242 e. The molecule has 0 N–H and O–H groups in total. The molecule has 1 aromatic carbocycles. The highest BCUT2D eigenvalue weighted by atomic mass is 32.1. The first kappa shape index (κ1) is 23.5. The maximum atomic E-state index is 13.6. The lowest BCUT2D eigenvalue weighted by atomic mass is 9.90. The van der Waals surface area contributed by atoms with Gasteiger partial charge in [-0.05, 0) is 54.3 Å². The molecule has 4 nitrogen and oxygen atoms in total. The van der Waals surface area contributed by atoms with Gasteiger partial charge in [0.1, 0.15) is 0 Å². The molecular formula is C26H36N2O2S. The highest BCUT2D eigenvalue weighted by molar-refractivity contribution is 7.10. The summed E-state index contributed by atoms with van der Waals surface area (Å²) in [6.07, 6.45) is 6.44. The molecule has 0 saturated heterocycles. The van der Waals surface area contributed by atoms with E-state index >= 15 is 0 Å². The molecule has 2 aromatic rings. The van der Waals surface area contributed by atoms with Gasteiger partial charge in [-0.3, -0.25) is 9.59 Å². The van der Waals surface area contributed by atoms with Crippen molar-refractivity contribution in [2.45, 2.75) is 71.8 Å². The van der Waals surface area contributed by atoms with E-state index in [2.05, 4.69) is 50.4 Å². The molecular weight excluding hydrogens is 404 g/mol. The van der Waals surface area contributed by atoms with Gasteiger partial charge in [0.2, 0.25) is 11.8 Å². The van der Waals surface area contributed by atoms with E-state index < -0.39 is 0 Å². The second-order valence-electron chi connectivity index (χ2n) is 8.52. The van der Waals surface area contributed by atoms with Crippen LogP contribution in [0.5, 0.6) is 0 Å². The second-order valence-corrected chi connectivity index (χ2v) is 9.52. The summed E-state index contributed by atoms with van der Waals surface area (Å²) in [7, 11) is 0. The Morgan fingerprint density at radius 3 is 2.58 bits per heavy atom. The van der Waals surface area contributed by atoms with E-state index in [0.29, 0.717) is 19.5 Å². The van der Waals surface area contributed by atoms with Crippen LogP contribution in [0.3, 0.4) is 0 Å². The highest BCUT2D eigenvalue weighted by Crippen LogP contribution is 2.39. The van der Waals surface area contributed by atoms with Gasteiger partial charge in [-0.15, -0.1) is 11.3 Å². The number of aryl methyl sites for hydroxylation is 1. The fraction of sp³-hybridized carbons (Fsp3) is 0.538. The molecule has 1 aliphatic heterocycles. The molecule has 1 aliphatic rings. The van der Waals surface area contributed by atoms with Crippen molar-refractivity contribution < 1.29 is 9.59 Å². The number of fused-ring (bicyclic) bond motifs is 1. The predicted octanol–water partition coefficient (Wildman–Crippen LogP) is 5.74. The molecule has 0 bridgehead atoms. The fourth-order valence-corrected chi connectivity index (χ4v) is 5.30. The molecule has 2 heterocycles. The summed E-state index contributed by atoms with van der Waals surface area (Å²) in [5, 5.41) is 2.13. The summed E-state index contributed by atoms with van der Waals surface area (Å²) < 4.78 is 0. The topological polar surface area (TPSA) is 40.6 Å². The van der Waals surface area contributed by atoms with E-state index in [1.54, 1.807) is 11.3 Å². The molecule has 3 rings (SSSR count). The third-order valence-electron chi connectivity index (χ3n) is 6.22. The van der Waals surface area contributed by atoms with E-state index in [1.165, 1.54) is 21.6 Å². The van der Waals surface area contributed by atoms with Crippen molar-refractivity contribution >= 4 is 23.2 Å². The van der Waals surface area contributed by atoms with E-state index in [0.717, 1.165) is 38.5 Å². The molecule has 168 valence electrons. The van der Waals surface area contributed by atoms with E-state index in [9.17, 15) is 9.59 Å². The first-order chi connectivity index (χ1) is 15.1. The summed E-state index contributed by atoms with van der Waals surface area (Å²) in [4.78, 5) is 31.6. The van der Waals surface area contributed by atoms with Crippen molar-refractivity contribution in [3.8, 4) is 0 Å². The lowest BCUT2D eigenvalue weighted by Gasteiger charge is -2.38. The van der Waals surface area contributed by atoms with E-state index in [1.807, 2.05) is 15.9 Å². The third-order valence-corrected chi connectivity index (χ3v) is 7.22. The van der Waals surface area contributed by atoms with Crippen LogP contribution in [0.25, 0.3) is 0 Å². The van der Waals surface area contributed by atoms with E-state index in [4.69, 9.17) is 0 Å². The van der Waals surface area contributed by atoms with Crippen molar-refractivity contribution in [2.24, 2.45) is 0 Å². The van der Waals surface area contributed by atoms with Crippen LogP contribution in [0.1, 0.15) is 80.0 Å². The lowest BCUT2D eigenvalue weighted by molar-refractivity contribution is -0.141. The first-order valence-electron chi connectivity index (χ1n) is 11.8. The Hall–Kier alpha value is -2.14. The van der Waals surface area contributed by atoms with Crippen molar-refractivity contribution in [1.82, 2.24) is 9.80 Å². The minimum absolute atomic E-state index is 0.0615. The van der Waals surface area contributed by atoms with Crippen LogP contribution in [-0.4, -0.2) is 41.2 Å². The Kier molecular flexibility index (Phi) is 8.70. The number of rotatable bonds is 10. The summed E-state index contributed by atoms with van der Waals surface area (Å²) in [6, 6.07) is 10.5. The smallest absolute Gasteiger partial charge is 0.242 e. The average Bonchev–Trinajstić information content (AvgIpc) is 3.25. The summed E-state index contributed by atoms with van der Waals surface area (Å²) >= 11 is 1.78. The predicted molar refractivity (Wildman–Crippen MR) is 128 cm³/mol. The van der Waals surface area contributed by atoms with Crippen LogP contribution < -0.4 is 0 Å². The van der Waals surface area contributed by atoms with E-state index in [-0.39, 0.29) is 24.4 Å². The normalized spacial score (nSPS) is 15.6. The largest absolute Gasteiger partial charge is 0.333 e. The number of carbonyl (C=O) groups excluding carboxylic acids is 2. The van der Waals surface area contributed by atoms with Gasteiger partial charge in [0, 0.05) is 24.4 Å². The number of hydrogen-bond donors (Lipinski definition) is 0. The molecule has 1 atom stereocenters. The van der Waals surface area contributed by atoms with Gasteiger partial charge in [0.05, 0.1) is 12.6 Å². The van der Waals surface area contributed by atoms with Crippen molar-refractivity contribution in [3.63, 3.8) is 0 Å². The highest BCUT2D eigenvalue weighted by Gasteiger charge is 2.34. The van der Waals surface area contributed by atoms with Crippen LogP contribution in [0, 0.1) is 6.92 Å². The van der Waals surface area contributed by atoms with Crippen LogP contribution in [-0.2, 0) is 16.0 Å². The molecule has 31 heavy (non-hydrogen) atoms. The van der Waals surface area contributed by atoms with Gasteiger partial charge in [-0.25, -0.2) is 0 Å². The Morgan fingerprint density at radius 2 is 1.84 bits per heavy atom. The number of thiophene rings is 1. The Balaban J connectivity index is 1.83. The minimum Gasteiger partial charge on any atom is -0.333 e. The van der Waals surface area contributed by atoms with Gasteiger partial charge in [-0.2, -0.15) is 0 Å². The zero-order chi connectivity index (χ0) is 22.2. The number of hydrogen-bond acceptors (Lipinski definition) is 3. The fourth-order valence-electron chi connectivity index (χ4n) is 4.40. The van der Waals surface area contributed by atoms with Gasteiger partial charge in [-0.1, -0.05) is 57.4 Å². The number of carbonyl (C=O) groups is 2. The first-order valence-corrected chi connectivity index (χ1v) is 12.6. The number of nitrogens with zero attached hydrogens (tertiary/aromatic N) is 2. The number of amides is 2. The number of unbranched alkanes of at least 4 members (excludes halogenated alkanes) is 3. The average molecular weight is 441 g/mol. The van der Waals surface area contributed by atoms with Gasteiger partial charge < -0.3 is 9.80 Å². The Labute approximate surface area is 191 Å². The Morgan fingerprint density at radius 1 is 1.06 bits per heavy atom. The molecule has 0 aliphatic carbocycles. The molecule has 1 unspecified atom stereocenters. The standard InChI is InChI=1S/C26H36N2O2S/c1-4-6-10-16-27(24(29)13-7-5-2)19-25(30)28-17-14-23-22(15-18-31-23)26(28)21-12-9-8-11-20(21)3/h8-9,11-12,15,18,26H,4-7,10,13-14,16-17,19H2,1-3H3. The summed E-state index contributed by atoms with van der Waals surface area (Å²) in [6.45, 7) is 7.94. The summed E-state index contributed by atoms with van der Waals surface area (Å²) in [5.74, 6) is 0.179. The molecule has 0 spiro atoms. The van der Waals surface area contributed by atoms with Gasteiger partial charge in [0.25, 0.3) is 0 Å². The minimum atomic E-state index is -0.0630. The van der Waals surface area contributed by atoms with Gasteiger partial charge in [0.15, 0.2) is 0 Å². The molecule has 0 radical (unpaired) electrons. The van der Waals surface area contributed by atoms with Crippen LogP contribution in [0.15, 0.2) is 35.7 Å². The lowest BCUT2D eigenvalue weighted by Crippen LogP contribution is -2.47. The second kappa shape index (κ2) is 11.5. The molecule has 0 fully saturated rings. The quantitative estimate of drug-likeness (QED) is 0.442. The SMILES string of the molecule is CCCCCN(CC(=O)N1CCc2sccc2C1c1ccccc1C)C(=O)CCCC. The third kappa shape index (κ3) is 5.76.